The first-order chi connectivity index (χ1) is 9.65. The van der Waals surface area contributed by atoms with Crippen LogP contribution in [-0.2, 0) is 0 Å². The molecule has 0 radical (unpaired) electrons. The maximum absolute atomic E-state index is 5.28. The third-order valence-electron chi connectivity index (χ3n) is 3.46. The number of nitrogens with one attached hydrogen (secondary N) is 1. The van der Waals surface area contributed by atoms with Crippen LogP contribution in [0.15, 0.2) is 36.7 Å². The van der Waals surface area contributed by atoms with Crippen molar-refractivity contribution in [1.29, 1.82) is 0 Å². The van der Waals surface area contributed by atoms with Crippen LogP contribution in [0.4, 0.5) is 0 Å². The Morgan fingerprint density at radius 2 is 2.00 bits per heavy atom. The van der Waals surface area contributed by atoms with Crippen molar-refractivity contribution in [3.63, 3.8) is 0 Å². The van der Waals surface area contributed by atoms with Gasteiger partial charge in [-0.05, 0) is 43.1 Å². The molecule has 2 rings (SSSR count). The number of rotatable bonds is 5. The highest BCUT2D eigenvalue weighted by Gasteiger charge is 2.16. The highest BCUT2D eigenvalue weighted by molar-refractivity contribution is 5.40. The summed E-state index contributed by atoms with van der Waals surface area (Å²) < 4.78 is 5.28. The van der Waals surface area contributed by atoms with Gasteiger partial charge in [0.1, 0.15) is 5.75 Å². The van der Waals surface area contributed by atoms with Crippen molar-refractivity contribution in [2.45, 2.75) is 26.8 Å². The van der Waals surface area contributed by atoms with Gasteiger partial charge in [0.05, 0.1) is 19.3 Å². The van der Waals surface area contributed by atoms with E-state index in [1.54, 1.807) is 13.3 Å². The molecule has 20 heavy (non-hydrogen) atoms. The zero-order chi connectivity index (χ0) is 14.5. The first-order valence-electron chi connectivity index (χ1n) is 6.95. The van der Waals surface area contributed by atoms with E-state index in [0.29, 0.717) is 0 Å². The first kappa shape index (κ1) is 14.5. The number of benzene rings is 1. The van der Waals surface area contributed by atoms with Crippen molar-refractivity contribution >= 4 is 0 Å². The fourth-order valence-corrected chi connectivity index (χ4v) is 2.39. The minimum absolute atomic E-state index is 0.141. The van der Waals surface area contributed by atoms with Crippen LogP contribution in [0.2, 0.25) is 0 Å². The molecule has 3 nitrogen and oxygen atoms in total. The van der Waals surface area contributed by atoms with E-state index >= 15 is 0 Å². The minimum atomic E-state index is 0.141. The SMILES string of the molecule is CCNC(c1cncc(OC)c1)c1cc(C)ccc1C. The fraction of sp³-hybridized carbons (Fsp3) is 0.353. The van der Waals surface area contributed by atoms with E-state index < -0.39 is 0 Å². The van der Waals surface area contributed by atoms with Crippen LogP contribution in [0.5, 0.6) is 5.75 Å². The van der Waals surface area contributed by atoms with Crippen molar-refractivity contribution in [3.05, 3.63) is 58.9 Å². The lowest BCUT2D eigenvalue weighted by Crippen LogP contribution is -2.23. The Hall–Kier alpha value is -1.87. The molecule has 3 heteroatoms. The number of aromatic nitrogens is 1. The summed E-state index contributed by atoms with van der Waals surface area (Å²) in [4.78, 5) is 4.27. The van der Waals surface area contributed by atoms with Gasteiger partial charge in [-0.1, -0.05) is 30.7 Å². The van der Waals surface area contributed by atoms with Gasteiger partial charge in [0.2, 0.25) is 0 Å². The van der Waals surface area contributed by atoms with E-state index in [0.717, 1.165) is 17.9 Å². The summed E-state index contributed by atoms with van der Waals surface area (Å²) >= 11 is 0. The summed E-state index contributed by atoms with van der Waals surface area (Å²) in [6, 6.07) is 8.74. The predicted octanol–water partition coefficient (Wildman–Crippen LogP) is 3.41. The zero-order valence-corrected chi connectivity index (χ0v) is 12.6. The molecule has 106 valence electrons. The van der Waals surface area contributed by atoms with Crippen molar-refractivity contribution in [2.24, 2.45) is 0 Å². The van der Waals surface area contributed by atoms with Crippen LogP contribution < -0.4 is 10.1 Å². The Labute approximate surface area is 121 Å². The van der Waals surface area contributed by atoms with E-state index in [4.69, 9.17) is 4.74 Å². The molecule has 0 spiro atoms. The molecule has 1 N–H and O–H groups in total. The monoisotopic (exact) mass is 270 g/mol. The molecule has 1 heterocycles. The standard InChI is InChI=1S/C17H22N2O/c1-5-19-17(14-9-15(20-4)11-18-10-14)16-8-12(2)6-7-13(16)3/h6-11,17,19H,5H2,1-4H3. The molecule has 0 aliphatic heterocycles. The van der Waals surface area contributed by atoms with E-state index in [1.165, 1.54) is 16.7 Å². The third-order valence-corrected chi connectivity index (χ3v) is 3.46. The van der Waals surface area contributed by atoms with Gasteiger partial charge >= 0.3 is 0 Å². The number of ether oxygens (including phenoxy) is 1. The van der Waals surface area contributed by atoms with Gasteiger partial charge in [-0.15, -0.1) is 0 Å². The molecular weight excluding hydrogens is 248 g/mol. The van der Waals surface area contributed by atoms with E-state index in [2.05, 4.69) is 49.3 Å². The van der Waals surface area contributed by atoms with E-state index in [1.807, 2.05) is 12.3 Å². The summed E-state index contributed by atoms with van der Waals surface area (Å²) in [6.07, 6.45) is 3.63. The molecule has 1 aromatic heterocycles. The molecule has 0 aliphatic rings. The van der Waals surface area contributed by atoms with E-state index in [-0.39, 0.29) is 6.04 Å². The average Bonchev–Trinajstić information content (AvgIpc) is 2.47. The second-order valence-electron chi connectivity index (χ2n) is 5.01. The molecule has 1 unspecified atom stereocenters. The third kappa shape index (κ3) is 3.17. The van der Waals surface area contributed by atoms with Crippen LogP contribution in [0.3, 0.4) is 0 Å². The van der Waals surface area contributed by atoms with Gasteiger partial charge in [-0.25, -0.2) is 0 Å². The number of aryl methyl sites for hydroxylation is 2. The van der Waals surface area contributed by atoms with Crippen LogP contribution >= 0.6 is 0 Å². The Morgan fingerprint density at radius 1 is 1.20 bits per heavy atom. The summed E-state index contributed by atoms with van der Waals surface area (Å²) in [5, 5.41) is 3.54. The largest absolute Gasteiger partial charge is 0.495 e. The fourth-order valence-electron chi connectivity index (χ4n) is 2.39. The number of hydrogen-bond acceptors (Lipinski definition) is 3. The second kappa shape index (κ2) is 6.53. The van der Waals surface area contributed by atoms with Crippen LogP contribution in [0.25, 0.3) is 0 Å². The van der Waals surface area contributed by atoms with Crippen molar-refractivity contribution in [1.82, 2.24) is 10.3 Å². The van der Waals surface area contributed by atoms with Crippen molar-refractivity contribution in [3.8, 4) is 5.75 Å². The summed E-state index contributed by atoms with van der Waals surface area (Å²) in [6.45, 7) is 7.28. The first-order valence-corrected chi connectivity index (χ1v) is 6.95. The zero-order valence-electron chi connectivity index (χ0n) is 12.6. The molecular formula is C17H22N2O. The molecule has 1 atom stereocenters. The Kier molecular flexibility index (Phi) is 4.74. The minimum Gasteiger partial charge on any atom is -0.495 e. The maximum atomic E-state index is 5.28. The van der Waals surface area contributed by atoms with Crippen LogP contribution in [0.1, 0.15) is 35.2 Å². The molecule has 0 saturated carbocycles. The van der Waals surface area contributed by atoms with E-state index in [9.17, 15) is 0 Å². The summed E-state index contributed by atoms with van der Waals surface area (Å²) in [5.74, 6) is 0.788. The summed E-state index contributed by atoms with van der Waals surface area (Å²) in [5.41, 5.74) is 4.97. The van der Waals surface area contributed by atoms with Gasteiger partial charge < -0.3 is 10.1 Å². The molecule has 0 saturated heterocycles. The molecule has 0 bridgehead atoms. The molecule has 0 fully saturated rings. The predicted molar refractivity (Wildman–Crippen MR) is 82.2 cm³/mol. The average molecular weight is 270 g/mol. The Balaban J connectivity index is 2.46. The lowest BCUT2D eigenvalue weighted by molar-refractivity contribution is 0.411. The number of methoxy groups -OCH3 is 1. The normalized spacial score (nSPS) is 12.2. The summed E-state index contributed by atoms with van der Waals surface area (Å²) in [7, 11) is 1.67. The highest BCUT2D eigenvalue weighted by Crippen LogP contribution is 2.27. The quantitative estimate of drug-likeness (QED) is 0.904. The molecule has 2 aromatic rings. The van der Waals surface area contributed by atoms with Crippen LogP contribution in [-0.4, -0.2) is 18.6 Å². The van der Waals surface area contributed by atoms with Crippen LogP contribution in [0, 0.1) is 13.8 Å². The van der Waals surface area contributed by atoms with Crippen molar-refractivity contribution < 1.29 is 4.74 Å². The Morgan fingerprint density at radius 3 is 2.70 bits per heavy atom. The van der Waals surface area contributed by atoms with Crippen molar-refractivity contribution in [2.75, 3.05) is 13.7 Å². The van der Waals surface area contributed by atoms with Gasteiger partial charge in [-0.3, -0.25) is 4.98 Å². The number of pyridine rings is 1. The topological polar surface area (TPSA) is 34.2 Å². The highest BCUT2D eigenvalue weighted by atomic mass is 16.5. The number of nitrogens with zero attached hydrogens (tertiary/aromatic N) is 1. The molecule has 1 aromatic carbocycles. The number of hydrogen-bond donors (Lipinski definition) is 1. The molecule has 0 amide bonds. The van der Waals surface area contributed by atoms with Gasteiger partial charge in [-0.2, -0.15) is 0 Å². The lowest BCUT2D eigenvalue weighted by atomic mass is 9.94. The lowest BCUT2D eigenvalue weighted by Gasteiger charge is -2.21. The smallest absolute Gasteiger partial charge is 0.137 e. The van der Waals surface area contributed by atoms with Gasteiger partial charge in [0.15, 0.2) is 0 Å². The molecule has 0 aliphatic carbocycles. The van der Waals surface area contributed by atoms with Gasteiger partial charge in [0.25, 0.3) is 0 Å². The Bertz CT molecular complexity index is 581. The van der Waals surface area contributed by atoms with Gasteiger partial charge in [0, 0.05) is 6.20 Å². The second-order valence-corrected chi connectivity index (χ2v) is 5.01. The maximum Gasteiger partial charge on any atom is 0.137 e.